The second-order valence-electron chi connectivity index (χ2n) is 2.85. The maximum atomic E-state index is 12.2. The van der Waals surface area contributed by atoms with Gasteiger partial charge in [-0.25, -0.2) is 8.78 Å². The molecule has 4 nitrogen and oxygen atoms in total. The number of halogens is 2. The summed E-state index contributed by atoms with van der Waals surface area (Å²) in [7, 11) is -3.50. The third-order valence-corrected chi connectivity index (χ3v) is 2.06. The van der Waals surface area contributed by atoms with E-state index in [0.717, 1.165) is 6.26 Å². The summed E-state index contributed by atoms with van der Waals surface area (Å²) in [6.45, 7) is -0.348. The van der Waals surface area contributed by atoms with Gasteiger partial charge in [0, 0.05) is 6.42 Å². The van der Waals surface area contributed by atoms with Crippen LogP contribution in [0.5, 0.6) is 0 Å². The molecule has 0 heterocycles. The maximum Gasteiger partial charge on any atom is 0.276 e. The van der Waals surface area contributed by atoms with Crippen molar-refractivity contribution >= 4 is 10.1 Å². The van der Waals surface area contributed by atoms with Crippen molar-refractivity contribution in [3.8, 4) is 0 Å². The lowest BCUT2D eigenvalue weighted by Crippen LogP contribution is -2.12. The van der Waals surface area contributed by atoms with Crippen molar-refractivity contribution < 1.29 is 26.1 Å². The van der Waals surface area contributed by atoms with Gasteiger partial charge in [-0.3, -0.25) is 4.18 Å². The van der Waals surface area contributed by atoms with E-state index in [-0.39, 0.29) is 19.6 Å². The Hall–Kier alpha value is -0.270. The van der Waals surface area contributed by atoms with E-state index in [1.54, 1.807) is 0 Å². The third kappa shape index (κ3) is 3.97. The van der Waals surface area contributed by atoms with Gasteiger partial charge in [-0.15, -0.1) is 0 Å². The zero-order chi connectivity index (χ0) is 10.1. The average Bonchev–Trinajstić information content (AvgIpc) is 2.50. The molecule has 1 unspecified atom stereocenters. The molecular formula is C6H10F2O4S. The Bertz CT molecular complexity index is 274. The zero-order valence-electron chi connectivity index (χ0n) is 7.00. The summed E-state index contributed by atoms with van der Waals surface area (Å²) in [6.07, 6.45) is -0.458. The van der Waals surface area contributed by atoms with Crippen LogP contribution < -0.4 is 0 Å². The molecule has 1 fully saturated rings. The molecule has 0 aliphatic heterocycles. The summed E-state index contributed by atoms with van der Waals surface area (Å²) >= 11 is 0. The Morgan fingerprint density at radius 2 is 2.00 bits per heavy atom. The summed E-state index contributed by atoms with van der Waals surface area (Å²) in [4.78, 5) is 0. The second kappa shape index (κ2) is 3.47. The smallest absolute Gasteiger partial charge is 0.276 e. The van der Waals surface area contributed by atoms with E-state index in [4.69, 9.17) is 0 Å². The molecule has 0 bridgehead atoms. The molecule has 0 saturated heterocycles. The first-order chi connectivity index (χ1) is 5.81. The minimum atomic E-state index is -3.50. The van der Waals surface area contributed by atoms with Crippen LogP contribution in [0.1, 0.15) is 6.42 Å². The molecule has 1 saturated carbocycles. The Labute approximate surface area is 75.0 Å². The van der Waals surface area contributed by atoms with Gasteiger partial charge in [0.2, 0.25) is 0 Å². The van der Waals surface area contributed by atoms with Crippen LogP contribution >= 0.6 is 0 Å². The molecule has 7 heteroatoms. The quantitative estimate of drug-likeness (QED) is 0.492. The average molecular weight is 216 g/mol. The first-order valence-corrected chi connectivity index (χ1v) is 5.47. The van der Waals surface area contributed by atoms with Crippen LogP contribution in [0.4, 0.5) is 8.78 Å². The van der Waals surface area contributed by atoms with Crippen LogP contribution in [-0.2, 0) is 19.0 Å². The van der Waals surface area contributed by atoms with Gasteiger partial charge in [0.05, 0.1) is 19.5 Å². The number of rotatable bonds is 5. The van der Waals surface area contributed by atoms with Gasteiger partial charge in [-0.1, -0.05) is 0 Å². The molecule has 0 aromatic heterocycles. The van der Waals surface area contributed by atoms with Crippen LogP contribution in [0.25, 0.3) is 0 Å². The predicted molar refractivity (Wildman–Crippen MR) is 40.1 cm³/mol. The molecule has 0 amide bonds. The van der Waals surface area contributed by atoms with E-state index in [0.29, 0.717) is 0 Å². The standard InChI is InChI=1S/C6H10F2O4S/c1-13(9,10)12-3-2-11-5-4-6(5,7)8/h5H,2-4H2,1H3. The second-order valence-corrected chi connectivity index (χ2v) is 4.49. The monoisotopic (exact) mass is 216 g/mol. The fourth-order valence-electron chi connectivity index (χ4n) is 0.745. The molecule has 1 rings (SSSR count). The summed E-state index contributed by atoms with van der Waals surface area (Å²) in [5.74, 6) is -2.73. The molecular weight excluding hydrogens is 206 g/mol. The van der Waals surface area contributed by atoms with E-state index < -0.39 is 22.1 Å². The van der Waals surface area contributed by atoms with Gasteiger partial charge < -0.3 is 4.74 Å². The fraction of sp³-hybridized carbons (Fsp3) is 1.00. The minimum Gasteiger partial charge on any atom is -0.369 e. The Kier molecular flexibility index (Phi) is 2.88. The number of alkyl halides is 2. The van der Waals surface area contributed by atoms with E-state index >= 15 is 0 Å². The van der Waals surface area contributed by atoms with Gasteiger partial charge in [-0.2, -0.15) is 8.42 Å². The maximum absolute atomic E-state index is 12.2. The van der Waals surface area contributed by atoms with Crippen molar-refractivity contribution in [1.82, 2.24) is 0 Å². The molecule has 1 atom stereocenters. The zero-order valence-corrected chi connectivity index (χ0v) is 7.81. The highest BCUT2D eigenvalue weighted by Crippen LogP contribution is 2.44. The molecule has 13 heavy (non-hydrogen) atoms. The summed E-state index contributed by atoms with van der Waals surface area (Å²) in [6, 6.07) is 0. The summed E-state index contributed by atoms with van der Waals surface area (Å²) in [5.41, 5.74) is 0. The van der Waals surface area contributed by atoms with Crippen molar-refractivity contribution in [1.29, 1.82) is 0 Å². The van der Waals surface area contributed by atoms with E-state index in [9.17, 15) is 17.2 Å². The first-order valence-electron chi connectivity index (χ1n) is 3.65. The largest absolute Gasteiger partial charge is 0.369 e. The van der Waals surface area contributed by atoms with Gasteiger partial charge in [0.1, 0.15) is 6.10 Å². The Morgan fingerprint density at radius 3 is 2.38 bits per heavy atom. The summed E-state index contributed by atoms with van der Waals surface area (Å²) < 4.78 is 54.0. The number of ether oxygens (including phenoxy) is 1. The van der Waals surface area contributed by atoms with Gasteiger partial charge >= 0.3 is 0 Å². The van der Waals surface area contributed by atoms with E-state index in [1.807, 2.05) is 0 Å². The third-order valence-electron chi connectivity index (χ3n) is 1.47. The lowest BCUT2D eigenvalue weighted by Gasteiger charge is -2.02. The van der Waals surface area contributed by atoms with Crippen molar-refractivity contribution in [3.05, 3.63) is 0 Å². The first kappa shape index (κ1) is 10.8. The molecule has 0 N–H and O–H groups in total. The molecule has 0 radical (unpaired) electrons. The van der Waals surface area contributed by atoms with Crippen LogP contribution in [0.2, 0.25) is 0 Å². The molecule has 0 aromatic carbocycles. The van der Waals surface area contributed by atoms with Crippen LogP contribution in [0, 0.1) is 0 Å². The molecule has 1 aliphatic carbocycles. The van der Waals surface area contributed by atoms with Crippen LogP contribution in [0.3, 0.4) is 0 Å². The Balaban J connectivity index is 2.04. The Morgan fingerprint density at radius 1 is 1.46 bits per heavy atom. The molecule has 78 valence electrons. The lowest BCUT2D eigenvalue weighted by molar-refractivity contribution is 0.00488. The predicted octanol–water partition coefficient (Wildman–Crippen LogP) is 0.387. The number of hydrogen-bond donors (Lipinski definition) is 0. The van der Waals surface area contributed by atoms with E-state index in [1.165, 1.54) is 0 Å². The normalized spacial score (nSPS) is 25.9. The topological polar surface area (TPSA) is 52.6 Å². The highest BCUT2D eigenvalue weighted by molar-refractivity contribution is 7.85. The van der Waals surface area contributed by atoms with Crippen LogP contribution in [0.15, 0.2) is 0 Å². The fourth-order valence-corrected chi connectivity index (χ4v) is 1.12. The molecule has 0 aromatic rings. The van der Waals surface area contributed by atoms with Crippen molar-refractivity contribution in [3.63, 3.8) is 0 Å². The SMILES string of the molecule is CS(=O)(=O)OCCOC1CC1(F)F. The van der Waals surface area contributed by atoms with Gasteiger partial charge in [0.25, 0.3) is 16.0 Å². The van der Waals surface area contributed by atoms with Crippen molar-refractivity contribution in [2.45, 2.75) is 18.4 Å². The van der Waals surface area contributed by atoms with Crippen molar-refractivity contribution in [2.75, 3.05) is 19.5 Å². The highest BCUT2D eigenvalue weighted by atomic mass is 32.2. The summed E-state index contributed by atoms with van der Waals surface area (Å²) in [5, 5.41) is 0. The molecule has 1 aliphatic rings. The van der Waals surface area contributed by atoms with Gasteiger partial charge in [-0.05, 0) is 0 Å². The molecule has 0 spiro atoms. The van der Waals surface area contributed by atoms with E-state index in [2.05, 4.69) is 8.92 Å². The van der Waals surface area contributed by atoms with Crippen LogP contribution in [-0.4, -0.2) is 39.9 Å². The van der Waals surface area contributed by atoms with Gasteiger partial charge in [0.15, 0.2) is 0 Å². The minimum absolute atomic E-state index is 0.132. The van der Waals surface area contributed by atoms with Crippen molar-refractivity contribution in [2.24, 2.45) is 0 Å². The highest BCUT2D eigenvalue weighted by Gasteiger charge is 2.58. The number of hydrogen-bond acceptors (Lipinski definition) is 4. The lowest BCUT2D eigenvalue weighted by atomic mass is 10.7.